The van der Waals surface area contributed by atoms with Gasteiger partial charge in [-0.3, -0.25) is 4.79 Å². The number of amides is 1. The van der Waals surface area contributed by atoms with E-state index in [1.165, 1.54) is 0 Å². The Bertz CT molecular complexity index is 462. The highest BCUT2D eigenvalue weighted by molar-refractivity contribution is 5.81. The zero-order chi connectivity index (χ0) is 13.8. The van der Waals surface area contributed by atoms with Crippen molar-refractivity contribution in [1.29, 1.82) is 0 Å². The van der Waals surface area contributed by atoms with Gasteiger partial charge in [-0.2, -0.15) is 4.98 Å². The van der Waals surface area contributed by atoms with Gasteiger partial charge in [0.05, 0.1) is 6.54 Å². The van der Waals surface area contributed by atoms with Gasteiger partial charge in [-0.1, -0.05) is 0 Å². The molecule has 6 heteroatoms. The van der Waals surface area contributed by atoms with Gasteiger partial charge in [0.25, 0.3) is 0 Å². The highest BCUT2D eigenvalue weighted by Crippen LogP contribution is 2.17. The van der Waals surface area contributed by atoms with E-state index >= 15 is 0 Å². The van der Waals surface area contributed by atoms with Crippen LogP contribution in [0.15, 0.2) is 6.07 Å². The fourth-order valence-electron chi connectivity index (χ4n) is 2.13. The molecule has 6 nitrogen and oxygen atoms in total. The third-order valence-electron chi connectivity index (χ3n) is 3.17. The summed E-state index contributed by atoms with van der Waals surface area (Å²) in [5.74, 6) is 1.59. The molecule has 0 unspecified atom stereocenters. The van der Waals surface area contributed by atoms with E-state index in [-0.39, 0.29) is 5.91 Å². The fourth-order valence-corrected chi connectivity index (χ4v) is 2.13. The number of nitrogens with one attached hydrogen (secondary N) is 1. The molecular weight excluding hydrogens is 242 g/mol. The van der Waals surface area contributed by atoms with Gasteiger partial charge in [0.1, 0.15) is 5.82 Å². The van der Waals surface area contributed by atoms with Crippen molar-refractivity contribution >= 4 is 17.7 Å². The second-order valence-corrected chi connectivity index (χ2v) is 4.81. The average molecular weight is 263 g/mol. The Hall–Kier alpha value is -1.85. The Morgan fingerprint density at radius 3 is 2.89 bits per heavy atom. The molecule has 1 saturated heterocycles. The average Bonchev–Trinajstić information content (AvgIpc) is 2.52. The summed E-state index contributed by atoms with van der Waals surface area (Å²) >= 11 is 0. The van der Waals surface area contributed by atoms with Gasteiger partial charge in [-0.25, -0.2) is 4.98 Å². The van der Waals surface area contributed by atoms with Gasteiger partial charge >= 0.3 is 0 Å². The van der Waals surface area contributed by atoms with Crippen LogP contribution in [-0.2, 0) is 4.79 Å². The van der Waals surface area contributed by atoms with Crippen molar-refractivity contribution in [2.75, 3.05) is 43.4 Å². The summed E-state index contributed by atoms with van der Waals surface area (Å²) in [7, 11) is 1.85. The van der Waals surface area contributed by atoms with Crippen molar-refractivity contribution in [3.8, 4) is 0 Å². The van der Waals surface area contributed by atoms with Crippen LogP contribution in [-0.4, -0.2) is 54.0 Å². The van der Waals surface area contributed by atoms with Crippen molar-refractivity contribution in [1.82, 2.24) is 14.9 Å². The first-order chi connectivity index (χ1) is 9.10. The molecule has 1 aliphatic rings. The first-order valence-electron chi connectivity index (χ1n) is 6.68. The maximum atomic E-state index is 11.9. The van der Waals surface area contributed by atoms with Gasteiger partial charge in [-0.05, 0) is 20.3 Å². The molecule has 2 rings (SSSR count). The van der Waals surface area contributed by atoms with E-state index in [4.69, 9.17) is 0 Å². The SMILES string of the molecule is CCNc1nc(C)cc(N2CCCN(C)C(=O)C2)n1. The van der Waals surface area contributed by atoms with E-state index in [2.05, 4.69) is 15.3 Å². The van der Waals surface area contributed by atoms with Crippen LogP contribution < -0.4 is 10.2 Å². The van der Waals surface area contributed by atoms with Crippen LogP contribution in [0.5, 0.6) is 0 Å². The molecule has 0 saturated carbocycles. The normalized spacial score (nSPS) is 16.5. The lowest BCUT2D eigenvalue weighted by Crippen LogP contribution is -2.34. The molecule has 0 radical (unpaired) electrons. The monoisotopic (exact) mass is 263 g/mol. The molecular formula is C13H21N5O. The molecule has 19 heavy (non-hydrogen) atoms. The lowest BCUT2D eigenvalue weighted by molar-refractivity contribution is -0.127. The first kappa shape index (κ1) is 13.6. The zero-order valence-corrected chi connectivity index (χ0v) is 11.8. The Balaban J connectivity index is 2.22. The number of likely N-dealkylation sites (N-methyl/N-ethyl adjacent to an activating group) is 1. The molecule has 104 valence electrons. The Morgan fingerprint density at radius 1 is 1.37 bits per heavy atom. The van der Waals surface area contributed by atoms with Gasteiger partial charge in [0, 0.05) is 38.4 Å². The number of aromatic nitrogens is 2. The molecule has 1 N–H and O–H groups in total. The molecule has 1 aromatic rings. The van der Waals surface area contributed by atoms with Gasteiger partial charge in [0.2, 0.25) is 11.9 Å². The number of hydrogen-bond donors (Lipinski definition) is 1. The van der Waals surface area contributed by atoms with E-state index in [1.54, 1.807) is 4.90 Å². The number of carbonyl (C=O) groups is 1. The van der Waals surface area contributed by atoms with Crippen LogP contribution in [0, 0.1) is 6.92 Å². The second kappa shape index (κ2) is 5.86. The molecule has 0 aromatic carbocycles. The Labute approximate surface area is 113 Å². The summed E-state index contributed by atoms with van der Waals surface area (Å²) in [5.41, 5.74) is 0.908. The predicted octanol–water partition coefficient (Wildman–Crippen LogP) is 0.885. The minimum absolute atomic E-state index is 0.138. The maximum Gasteiger partial charge on any atom is 0.241 e. The first-order valence-corrected chi connectivity index (χ1v) is 6.68. The zero-order valence-electron chi connectivity index (χ0n) is 11.8. The summed E-state index contributed by atoms with van der Waals surface area (Å²) < 4.78 is 0. The third kappa shape index (κ3) is 3.33. The number of aryl methyl sites for hydroxylation is 1. The summed E-state index contributed by atoms with van der Waals surface area (Å²) in [6, 6.07) is 1.93. The lowest BCUT2D eigenvalue weighted by atomic mass is 10.3. The van der Waals surface area contributed by atoms with E-state index in [1.807, 2.05) is 31.9 Å². The van der Waals surface area contributed by atoms with Crippen molar-refractivity contribution < 1.29 is 4.79 Å². The standard InChI is InChI=1S/C13H21N5O/c1-4-14-13-15-10(2)8-11(16-13)18-7-5-6-17(3)12(19)9-18/h8H,4-7,9H2,1-3H3,(H,14,15,16). The van der Waals surface area contributed by atoms with Crippen LogP contribution in [0.25, 0.3) is 0 Å². The minimum Gasteiger partial charge on any atom is -0.354 e. The van der Waals surface area contributed by atoms with Gasteiger partial charge in [0.15, 0.2) is 0 Å². The van der Waals surface area contributed by atoms with E-state index < -0.39 is 0 Å². The van der Waals surface area contributed by atoms with Crippen LogP contribution >= 0.6 is 0 Å². The molecule has 1 fully saturated rings. The largest absolute Gasteiger partial charge is 0.354 e. The summed E-state index contributed by atoms with van der Waals surface area (Å²) in [5, 5.41) is 3.12. The minimum atomic E-state index is 0.138. The van der Waals surface area contributed by atoms with Crippen LogP contribution in [0.3, 0.4) is 0 Å². The highest BCUT2D eigenvalue weighted by atomic mass is 16.2. The Kier molecular flexibility index (Phi) is 4.19. The van der Waals surface area contributed by atoms with E-state index in [9.17, 15) is 4.79 Å². The van der Waals surface area contributed by atoms with E-state index in [0.29, 0.717) is 12.5 Å². The lowest BCUT2D eigenvalue weighted by Gasteiger charge is -2.21. The van der Waals surface area contributed by atoms with E-state index in [0.717, 1.165) is 37.6 Å². The smallest absolute Gasteiger partial charge is 0.241 e. The summed E-state index contributed by atoms with van der Waals surface area (Å²) in [6.45, 7) is 6.77. The van der Waals surface area contributed by atoms with Crippen molar-refractivity contribution in [3.63, 3.8) is 0 Å². The third-order valence-corrected chi connectivity index (χ3v) is 3.17. The molecule has 0 aliphatic carbocycles. The summed E-state index contributed by atoms with van der Waals surface area (Å²) in [4.78, 5) is 24.5. The maximum absolute atomic E-state index is 11.9. The molecule has 0 atom stereocenters. The predicted molar refractivity (Wildman–Crippen MR) is 75.4 cm³/mol. The number of rotatable bonds is 3. The second-order valence-electron chi connectivity index (χ2n) is 4.81. The molecule has 1 aromatic heterocycles. The molecule has 0 bridgehead atoms. The van der Waals surface area contributed by atoms with Crippen molar-refractivity contribution in [3.05, 3.63) is 11.8 Å². The Morgan fingerprint density at radius 2 is 2.16 bits per heavy atom. The summed E-state index contributed by atoms with van der Waals surface area (Å²) in [6.07, 6.45) is 0.960. The molecule has 1 amide bonds. The fraction of sp³-hybridized carbons (Fsp3) is 0.615. The quantitative estimate of drug-likeness (QED) is 0.877. The number of nitrogens with zero attached hydrogens (tertiary/aromatic N) is 4. The molecule has 1 aliphatic heterocycles. The van der Waals surface area contributed by atoms with Gasteiger partial charge in [-0.15, -0.1) is 0 Å². The van der Waals surface area contributed by atoms with Crippen LogP contribution in [0.4, 0.5) is 11.8 Å². The molecule has 2 heterocycles. The molecule has 0 spiro atoms. The van der Waals surface area contributed by atoms with Crippen molar-refractivity contribution in [2.45, 2.75) is 20.3 Å². The number of carbonyl (C=O) groups excluding carboxylic acids is 1. The van der Waals surface area contributed by atoms with Gasteiger partial charge < -0.3 is 15.1 Å². The van der Waals surface area contributed by atoms with Crippen molar-refractivity contribution in [2.24, 2.45) is 0 Å². The highest BCUT2D eigenvalue weighted by Gasteiger charge is 2.20. The topological polar surface area (TPSA) is 61.4 Å². The number of hydrogen-bond acceptors (Lipinski definition) is 5. The van der Waals surface area contributed by atoms with Crippen LogP contribution in [0.1, 0.15) is 19.0 Å². The number of anilines is 2. The van der Waals surface area contributed by atoms with Crippen LogP contribution in [0.2, 0.25) is 0 Å².